The average Bonchev–Trinajstić information content (AvgIpc) is 2.88. The molecule has 0 radical (unpaired) electrons. The summed E-state index contributed by atoms with van der Waals surface area (Å²) in [6.45, 7) is 1.08. The lowest BCUT2D eigenvalue weighted by molar-refractivity contribution is -0.0756. The van der Waals surface area contributed by atoms with Crippen molar-refractivity contribution in [1.82, 2.24) is 15.0 Å². The Morgan fingerprint density at radius 1 is 1.47 bits per heavy atom. The van der Waals surface area contributed by atoms with E-state index < -0.39 is 12.3 Å². The largest absolute Gasteiger partial charge is 0.391 e. The SMILES string of the molecule is C[C@](O)(CO)n1cc(C2C=CC=C2)nn1. The lowest BCUT2D eigenvalue weighted by atomic mass is 10.1. The molecule has 1 heterocycles. The number of nitrogens with zero attached hydrogens (tertiary/aromatic N) is 3. The van der Waals surface area contributed by atoms with Crippen LogP contribution >= 0.6 is 0 Å². The molecule has 15 heavy (non-hydrogen) atoms. The Kier molecular flexibility index (Phi) is 2.42. The molecular weight excluding hydrogens is 194 g/mol. The van der Waals surface area contributed by atoms with Crippen molar-refractivity contribution in [2.75, 3.05) is 6.61 Å². The van der Waals surface area contributed by atoms with Crippen LogP contribution in [0.25, 0.3) is 0 Å². The van der Waals surface area contributed by atoms with Crippen LogP contribution < -0.4 is 0 Å². The second-order valence-corrected chi connectivity index (χ2v) is 3.76. The van der Waals surface area contributed by atoms with Gasteiger partial charge in [-0.3, -0.25) is 0 Å². The van der Waals surface area contributed by atoms with Crippen LogP contribution in [-0.4, -0.2) is 31.8 Å². The molecule has 1 aromatic heterocycles. The highest BCUT2D eigenvalue weighted by Crippen LogP contribution is 2.21. The van der Waals surface area contributed by atoms with Gasteiger partial charge in [-0.05, 0) is 6.92 Å². The van der Waals surface area contributed by atoms with Crippen molar-refractivity contribution >= 4 is 0 Å². The monoisotopic (exact) mass is 207 g/mol. The Bertz CT molecular complexity index is 395. The van der Waals surface area contributed by atoms with Crippen molar-refractivity contribution in [3.8, 4) is 0 Å². The summed E-state index contributed by atoms with van der Waals surface area (Å²) in [6, 6.07) is 0. The first-order chi connectivity index (χ1) is 7.13. The van der Waals surface area contributed by atoms with Crippen LogP contribution in [0, 0.1) is 0 Å². The smallest absolute Gasteiger partial charge is 0.179 e. The minimum atomic E-state index is -1.39. The summed E-state index contributed by atoms with van der Waals surface area (Å²) in [5.41, 5.74) is -0.634. The number of aliphatic hydroxyl groups excluding tert-OH is 1. The number of allylic oxidation sites excluding steroid dienone is 4. The van der Waals surface area contributed by atoms with Gasteiger partial charge in [-0.2, -0.15) is 0 Å². The molecule has 0 spiro atoms. The normalized spacial score (nSPS) is 19.7. The molecule has 0 fully saturated rings. The van der Waals surface area contributed by atoms with Crippen molar-refractivity contribution < 1.29 is 10.2 Å². The van der Waals surface area contributed by atoms with E-state index in [9.17, 15) is 5.11 Å². The molecule has 80 valence electrons. The first-order valence-electron chi connectivity index (χ1n) is 4.74. The molecule has 5 heteroatoms. The van der Waals surface area contributed by atoms with Crippen molar-refractivity contribution in [1.29, 1.82) is 0 Å². The molecule has 1 aromatic rings. The van der Waals surface area contributed by atoms with Gasteiger partial charge in [0.25, 0.3) is 0 Å². The highest BCUT2D eigenvalue weighted by molar-refractivity contribution is 5.29. The van der Waals surface area contributed by atoms with E-state index in [1.165, 1.54) is 11.6 Å². The van der Waals surface area contributed by atoms with Gasteiger partial charge in [-0.1, -0.05) is 29.5 Å². The van der Waals surface area contributed by atoms with Crippen LogP contribution in [-0.2, 0) is 5.72 Å². The van der Waals surface area contributed by atoms with Crippen molar-refractivity contribution in [2.45, 2.75) is 18.6 Å². The molecule has 0 unspecified atom stereocenters. The lowest BCUT2D eigenvalue weighted by Crippen LogP contribution is -2.34. The van der Waals surface area contributed by atoms with Crippen LogP contribution in [0.2, 0.25) is 0 Å². The molecule has 0 aliphatic heterocycles. The predicted molar refractivity (Wildman–Crippen MR) is 54.0 cm³/mol. The predicted octanol–water partition coefficient (Wildman–Crippen LogP) is 0.145. The van der Waals surface area contributed by atoms with Gasteiger partial charge in [0.2, 0.25) is 0 Å². The average molecular weight is 207 g/mol. The zero-order valence-electron chi connectivity index (χ0n) is 8.41. The quantitative estimate of drug-likeness (QED) is 0.739. The lowest BCUT2D eigenvalue weighted by Gasteiger charge is -2.19. The van der Waals surface area contributed by atoms with E-state index in [1.54, 1.807) is 6.20 Å². The van der Waals surface area contributed by atoms with E-state index in [1.807, 2.05) is 24.3 Å². The number of aromatic nitrogens is 3. The van der Waals surface area contributed by atoms with Gasteiger partial charge < -0.3 is 10.2 Å². The van der Waals surface area contributed by atoms with Gasteiger partial charge in [0, 0.05) is 5.92 Å². The van der Waals surface area contributed by atoms with E-state index in [0.717, 1.165) is 5.69 Å². The van der Waals surface area contributed by atoms with Crippen molar-refractivity contribution in [3.63, 3.8) is 0 Å². The first-order valence-corrected chi connectivity index (χ1v) is 4.74. The number of hydrogen-bond acceptors (Lipinski definition) is 4. The third-order valence-corrected chi connectivity index (χ3v) is 2.39. The van der Waals surface area contributed by atoms with Gasteiger partial charge in [0.1, 0.15) is 0 Å². The molecule has 0 saturated heterocycles. The maximum atomic E-state index is 9.73. The number of rotatable bonds is 3. The van der Waals surface area contributed by atoms with Crippen LogP contribution in [0.4, 0.5) is 0 Å². The summed E-state index contributed by atoms with van der Waals surface area (Å²) >= 11 is 0. The molecular formula is C10H13N3O2. The summed E-state index contributed by atoms with van der Waals surface area (Å²) in [5.74, 6) is 0.119. The van der Waals surface area contributed by atoms with E-state index in [2.05, 4.69) is 10.3 Å². The van der Waals surface area contributed by atoms with Gasteiger partial charge >= 0.3 is 0 Å². The Hall–Kier alpha value is -1.46. The minimum Gasteiger partial charge on any atom is -0.391 e. The van der Waals surface area contributed by atoms with Crippen molar-refractivity contribution in [2.24, 2.45) is 0 Å². The Morgan fingerprint density at radius 3 is 2.73 bits per heavy atom. The van der Waals surface area contributed by atoms with E-state index in [-0.39, 0.29) is 5.92 Å². The van der Waals surface area contributed by atoms with Crippen LogP contribution in [0.1, 0.15) is 18.5 Å². The molecule has 0 amide bonds. The van der Waals surface area contributed by atoms with Crippen LogP contribution in [0.3, 0.4) is 0 Å². The maximum Gasteiger partial charge on any atom is 0.179 e. The van der Waals surface area contributed by atoms with Crippen LogP contribution in [0.5, 0.6) is 0 Å². The van der Waals surface area contributed by atoms with Crippen molar-refractivity contribution in [3.05, 3.63) is 36.2 Å². The summed E-state index contributed by atoms with van der Waals surface area (Å²) in [7, 11) is 0. The fraction of sp³-hybridized carbons (Fsp3) is 0.400. The van der Waals surface area contributed by atoms with E-state index >= 15 is 0 Å². The molecule has 2 N–H and O–H groups in total. The fourth-order valence-electron chi connectivity index (χ4n) is 1.37. The third-order valence-electron chi connectivity index (χ3n) is 2.39. The summed E-state index contributed by atoms with van der Waals surface area (Å²) < 4.78 is 1.27. The first kappa shape index (κ1) is 10.1. The molecule has 2 rings (SSSR count). The maximum absolute atomic E-state index is 9.73. The standard InChI is InChI=1S/C10H13N3O2/c1-10(15,7-14)13-6-9(11-12-13)8-4-2-3-5-8/h2-6,8,14-15H,7H2,1H3/t10-/m0/s1. The molecule has 1 aliphatic carbocycles. The highest BCUT2D eigenvalue weighted by Gasteiger charge is 2.24. The number of hydrogen-bond donors (Lipinski definition) is 2. The Morgan fingerprint density at radius 2 is 2.13 bits per heavy atom. The summed E-state index contributed by atoms with van der Waals surface area (Å²) in [4.78, 5) is 0. The molecule has 0 bridgehead atoms. The number of aliphatic hydroxyl groups is 2. The molecule has 1 atom stereocenters. The van der Waals surface area contributed by atoms with Gasteiger partial charge in [0.15, 0.2) is 5.72 Å². The fourth-order valence-corrected chi connectivity index (χ4v) is 1.37. The topological polar surface area (TPSA) is 71.2 Å². The van der Waals surface area contributed by atoms with Crippen LogP contribution in [0.15, 0.2) is 30.5 Å². The van der Waals surface area contributed by atoms with Gasteiger partial charge in [-0.25, -0.2) is 4.68 Å². The second kappa shape index (κ2) is 3.60. The third kappa shape index (κ3) is 1.84. The molecule has 0 saturated carbocycles. The zero-order chi connectivity index (χ0) is 10.9. The second-order valence-electron chi connectivity index (χ2n) is 3.76. The highest BCUT2D eigenvalue weighted by atomic mass is 16.3. The van der Waals surface area contributed by atoms with E-state index in [0.29, 0.717) is 0 Å². The Labute approximate surface area is 87.3 Å². The Balaban J connectivity index is 2.24. The van der Waals surface area contributed by atoms with Gasteiger partial charge in [0.05, 0.1) is 18.5 Å². The van der Waals surface area contributed by atoms with Gasteiger partial charge in [-0.15, -0.1) is 5.10 Å². The zero-order valence-corrected chi connectivity index (χ0v) is 8.41. The molecule has 0 aromatic carbocycles. The van der Waals surface area contributed by atoms with E-state index in [4.69, 9.17) is 5.11 Å². The summed E-state index contributed by atoms with van der Waals surface area (Å²) in [5, 5.41) is 26.4. The molecule has 1 aliphatic rings. The minimum absolute atomic E-state index is 0.119. The molecule has 5 nitrogen and oxygen atoms in total. The summed E-state index contributed by atoms with van der Waals surface area (Å²) in [6.07, 6.45) is 9.49.